The van der Waals surface area contributed by atoms with E-state index in [1.807, 2.05) is 24.1 Å². The molecule has 2 N–H and O–H groups in total. The predicted molar refractivity (Wildman–Crippen MR) is 91.8 cm³/mol. The second-order valence-electron chi connectivity index (χ2n) is 5.91. The summed E-state index contributed by atoms with van der Waals surface area (Å²) in [6.45, 7) is 2.83. The fourth-order valence-electron chi connectivity index (χ4n) is 2.86. The van der Waals surface area contributed by atoms with Gasteiger partial charge in [0, 0.05) is 12.2 Å². The number of furan rings is 2. The van der Waals surface area contributed by atoms with Crippen LogP contribution < -0.4 is 10.6 Å². The van der Waals surface area contributed by atoms with Crippen LogP contribution in [0.3, 0.4) is 0 Å². The molecule has 8 heteroatoms. The number of amides is 2. The maximum absolute atomic E-state index is 12.6. The third-order valence-corrected chi connectivity index (χ3v) is 3.91. The van der Waals surface area contributed by atoms with E-state index < -0.39 is 18.0 Å². The van der Waals surface area contributed by atoms with Crippen LogP contribution in [0.4, 0.5) is 4.79 Å². The topological polar surface area (TPSA) is 97.0 Å². The Labute approximate surface area is 150 Å². The summed E-state index contributed by atoms with van der Waals surface area (Å²) in [6.07, 6.45) is 3.10. The molecule has 1 atom stereocenters. The van der Waals surface area contributed by atoms with Crippen molar-refractivity contribution in [2.45, 2.75) is 19.5 Å². The SMILES string of the molecule is CCOC(=O)C1=C(CN(C)Cc2ccco2)NC(=O)N[C@H]1c1ccco1. The molecule has 2 amide bonds. The normalized spacial score (nSPS) is 17.2. The van der Waals surface area contributed by atoms with Gasteiger partial charge in [-0.3, -0.25) is 4.90 Å². The maximum atomic E-state index is 12.6. The lowest BCUT2D eigenvalue weighted by Crippen LogP contribution is -2.48. The van der Waals surface area contributed by atoms with Gasteiger partial charge in [-0.25, -0.2) is 9.59 Å². The fraction of sp³-hybridized carbons (Fsp3) is 0.333. The minimum absolute atomic E-state index is 0.233. The summed E-state index contributed by atoms with van der Waals surface area (Å²) in [5.74, 6) is 0.755. The van der Waals surface area contributed by atoms with E-state index in [-0.39, 0.29) is 6.61 Å². The molecule has 0 aliphatic carbocycles. The molecule has 0 radical (unpaired) electrons. The van der Waals surface area contributed by atoms with E-state index in [2.05, 4.69) is 10.6 Å². The van der Waals surface area contributed by atoms with Crippen LogP contribution in [0.25, 0.3) is 0 Å². The number of urea groups is 1. The van der Waals surface area contributed by atoms with Gasteiger partial charge >= 0.3 is 12.0 Å². The number of nitrogens with zero attached hydrogens (tertiary/aromatic N) is 1. The van der Waals surface area contributed by atoms with Crippen molar-refractivity contribution in [1.82, 2.24) is 15.5 Å². The van der Waals surface area contributed by atoms with Crippen molar-refractivity contribution in [3.63, 3.8) is 0 Å². The van der Waals surface area contributed by atoms with E-state index in [1.54, 1.807) is 25.3 Å². The average molecular weight is 359 g/mol. The number of nitrogens with one attached hydrogen (secondary N) is 2. The lowest BCUT2D eigenvalue weighted by molar-refractivity contribution is -0.139. The Bertz CT molecular complexity index is 780. The molecular weight excluding hydrogens is 338 g/mol. The van der Waals surface area contributed by atoms with Crippen LogP contribution in [0.2, 0.25) is 0 Å². The molecule has 0 aromatic carbocycles. The average Bonchev–Trinajstić information content (AvgIpc) is 3.27. The van der Waals surface area contributed by atoms with Gasteiger partial charge in [-0.05, 0) is 38.2 Å². The molecule has 0 unspecified atom stereocenters. The van der Waals surface area contributed by atoms with Gasteiger partial charge in [0.2, 0.25) is 0 Å². The first-order valence-electron chi connectivity index (χ1n) is 8.30. The van der Waals surface area contributed by atoms with E-state index >= 15 is 0 Å². The molecule has 0 saturated carbocycles. The van der Waals surface area contributed by atoms with Gasteiger partial charge in [0.05, 0.1) is 31.3 Å². The molecule has 0 spiro atoms. The highest BCUT2D eigenvalue weighted by Crippen LogP contribution is 2.28. The highest BCUT2D eigenvalue weighted by atomic mass is 16.5. The minimum Gasteiger partial charge on any atom is -0.468 e. The van der Waals surface area contributed by atoms with Crippen LogP contribution in [0, 0.1) is 0 Å². The van der Waals surface area contributed by atoms with Gasteiger partial charge in [0.1, 0.15) is 17.6 Å². The van der Waals surface area contributed by atoms with Gasteiger partial charge in [-0.15, -0.1) is 0 Å². The van der Waals surface area contributed by atoms with E-state index in [0.29, 0.717) is 30.1 Å². The zero-order valence-corrected chi connectivity index (χ0v) is 14.7. The molecule has 26 heavy (non-hydrogen) atoms. The van der Waals surface area contributed by atoms with E-state index in [4.69, 9.17) is 13.6 Å². The summed E-state index contributed by atoms with van der Waals surface area (Å²) in [7, 11) is 1.87. The number of ether oxygens (including phenoxy) is 1. The fourth-order valence-corrected chi connectivity index (χ4v) is 2.86. The number of likely N-dealkylation sites (N-methyl/N-ethyl adjacent to an activating group) is 1. The highest BCUT2D eigenvalue weighted by Gasteiger charge is 2.35. The zero-order valence-electron chi connectivity index (χ0n) is 14.7. The minimum atomic E-state index is -0.704. The second-order valence-corrected chi connectivity index (χ2v) is 5.91. The zero-order chi connectivity index (χ0) is 18.5. The third kappa shape index (κ3) is 3.97. The Balaban J connectivity index is 1.90. The standard InChI is InChI=1S/C18H21N3O5/c1-3-24-17(22)15-13(11-21(2)10-12-6-4-8-25-12)19-18(23)20-16(15)14-7-5-9-26-14/h4-9,16H,3,10-11H2,1-2H3,(H2,19,20,23)/t16-/m0/s1. The van der Waals surface area contributed by atoms with Crippen LogP contribution in [0.15, 0.2) is 56.9 Å². The van der Waals surface area contributed by atoms with E-state index in [0.717, 1.165) is 5.76 Å². The molecule has 0 fully saturated rings. The molecule has 0 saturated heterocycles. The number of rotatable bonds is 7. The monoisotopic (exact) mass is 359 g/mol. The predicted octanol–water partition coefficient (Wildman–Crippen LogP) is 2.18. The summed E-state index contributed by atoms with van der Waals surface area (Å²) in [6, 6.07) is 5.98. The number of carbonyl (C=O) groups excluding carboxylic acids is 2. The molecular formula is C18H21N3O5. The van der Waals surface area contributed by atoms with Gasteiger partial charge in [0.25, 0.3) is 0 Å². The number of carbonyl (C=O) groups is 2. The Morgan fingerprint density at radius 3 is 2.65 bits per heavy atom. The third-order valence-electron chi connectivity index (χ3n) is 3.91. The molecule has 8 nitrogen and oxygen atoms in total. The number of hydrogen-bond acceptors (Lipinski definition) is 6. The second kappa shape index (κ2) is 7.92. The molecule has 0 bridgehead atoms. The maximum Gasteiger partial charge on any atom is 0.338 e. The van der Waals surface area contributed by atoms with Crippen LogP contribution in [-0.4, -0.2) is 37.1 Å². The number of hydrogen-bond donors (Lipinski definition) is 2. The van der Waals surface area contributed by atoms with E-state index in [1.165, 1.54) is 6.26 Å². The molecule has 3 rings (SSSR count). The first-order valence-corrected chi connectivity index (χ1v) is 8.30. The molecule has 2 aromatic heterocycles. The van der Waals surface area contributed by atoms with Crippen molar-refractivity contribution >= 4 is 12.0 Å². The van der Waals surface area contributed by atoms with Crippen molar-refractivity contribution < 1.29 is 23.2 Å². The van der Waals surface area contributed by atoms with Gasteiger partial charge in [0.15, 0.2) is 0 Å². The van der Waals surface area contributed by atoms with E-state index in [9.17, 15) is 9.59 Å². The lowest BCUT2D eigenvalue weighted by atomic mass is 10.00. The summed E-state index contributed by atoms with van der Waals surface area (Å²) < 4.78 is 15.9. The van der Waals surface area contributed by atoms with Crippen molar-refractivity contribution in [3.05, 3.63) is 59.6 Å². The molecule has 2 aromatic rings. The molecule has 138 valence electrons. The molecule has 1 aliphatic heterocycles. The Hall–Kier alpha value is -3.00. The van der Waals surface area contributed by atoms with Crippen LogP contribution >= 0.6 is 0 Å². The summed E-state index contributed by atoms with van der Waals surface area (Å²) in [5.41, 5.74) is 0.801. The molecule has 3 heterocycles. The number of esters is 1. The van der Waals surface area contributed by atoms with Gasteiger partial charge < -0.3 is 24.2 Å². The quantitative estimate of drug-likeness (QED) is 0.736. The van der Waals surface area contributed by atoms with Gasteiger partial charge in [-0.1, -0.05) is 0 Å². The van der Waals surface area contributed by atoms with Crippen molar-refractivity contribution in [3.8, 4) is 0 Å². The Morgan fingerprint density at radius 2 is 2.00 bits per heavy atom. The summed E-state index contributed by atoms with van der Waals surface area (Å²) in [4.78, 5) is 26.6. The summed E-state index contributed by atoms with van der Waals surface area (Å²) >= 11 is 0. The van der Waals surface area contributed by atoms with Crippen LogP contribution in [0.1, 0.15) is 24.5 Å². The highest BCUT2D eigenvalue weighted by molar-refractivity contribution is 5.95. The van der Waals surface area contributed by atoms with Crippen LogP contribution in [-0.2, 0) is 16.1 Å². The van der Waals surface area contributed by atoms with Crippen molar-refractivity contribution in [2.24, 2.45) is 0 Å². The summed E-state index contributed by atoms with van der Waals surface area (Å²) in [5, 5.41) is 5.44. The smallest absolute Gasteiger partial charge is 0.338 e. The van der Waals surface area contributed by atoms with Crippen LogP contribution in [0.5, 0.6) is 0 Å². The Morgan fingerprint density at radius 1 is 1.23 bits per heavy atom. The van der Waals surface area contributed by atoms with Crippen molar-refractivity contribution in [1.29, 1.82) is 0 Å². The van der Waals surface area contributed by atoms with Crippen molar-refractivity contribution in [2.75, 3.05) is 20.2 Å². The van der Waals surface area contributed by atoms with Gasteiger partial charge in [-0.2, -0.15) is 0 Å². The lowest BCUT2D eigenvalue weighted by Gasteiger charge is -2.29. The first-order chi connectivity index (χ1) is 12.6. The Kier molecular flexibility index (Phi) is 5.43. The molecule has 1 aliphatic rings. The first kappa shape index (κ1) is 17.8. The largest absolute Gasteiger partial charge is 0.468 e.